The van der Waals surface area contributed by atoms with Crippen LogP contribution in [0.15, 0.2) is 54.0 Å². The second-order valence-corrected chi connectivity index (χ2v) is 7.66. The van der Waals surface area contributed by atoms with Crippen LogP contribution in [0.25, 0.3) is 16.9 Å². The van der Waals surface area contributed by atoms with Crippen LogP contribution in [0.4, 0.5) is 10.8 Å². The second kappa shape index (κ2) is 7.00. The first kappa shape index (κ1) is 17.5. The fourth-order valence-corrected chi connectivity index (χ4v) is 3.88. The number of hydrogen-bond donors (Lipinski definition) is 1. The van der Waals surface area contributed by atoms with Gasteiger partial charge in [-0.25, -0.2) is 9.67 Å². The number of anilines is 2. The van der Waals surface area contributed by atoms with Gasteiger partial charge < -0.3 is 5.32 Å². The van der Waals surface area contributed by atoms with E-state index < -0.39 is 0 Å². The van der Waals surface area contributed by atoms with Crippen LogP contribution >= 0.6 is 11.3 Å². The highest BCUT2D eigenvalue weighted by Gasteiger charge is 2.13. The molecule has 2 heterocycles. The summed E-state index contributed by atoms with van der Waals surface area (Å²) in [5.41, 5.74) is 9.06. The average Bonchev–Trinajstić information content (AvgIpc) is 3.27. The predicted octanol–water partition coefficient (Wildman–Crippen LogP) is 5.97. The molecule has 136 valence electrons. The van der Waals surface area contributed by atoms with E-state index in [1.165, 1.54) is 16.7 Å². The number of para-hydroxylation sites is 1. The van der Waals surface area contributed by atoms with Crippen molar-refractivity contribution in [2.24, 2.45) is 0 Å². The zero-order valence-electron chi connectivity index (χ0n) is 15.9. The minimum absolute atomic E-state index is 0.892. The molecule has 0 radical (unpaired) electrons. The molecule has 27 heavy (non-hydrogen) atoms. The van der Waals surface area contributed by atoms with Crippen LogP contribution in [0.1, 0.15) is 22.4 Å². The number of thiazole rings is 1. The lowest BCUT2D eigenvalue weighted by Gasteiger charge is -2.10. The predicted molar refractivity (Wildman–Crippen MR) is 113 cm³/mol. The highest BCUT2D eigenvalue weighted by molar-refractivity contribution is 7.14. The molecule has 4 nitrogen and oxygen atoms in total. The molecule has 2 aromatic carbocycles. The number of aryl methyl sites for hydroxylation is 3. The van der Waals surface area contributed by atoms with Gasteiger partial charge in [0.1, 0.15) is 0 Å². The van der Waals surface area contributed by atoms with Crippen molar-refractivity contribution in [2.45, 2.75) is 27.7 Å². The normalized spacial score (nSPS) is 11.0. The van der Waals surface area contributed by atoms with Gasteiger partial charge in [-0.3, -0.25) is 0 Å². The Morgan fingerprint density at radius 2 is 1.67 bits per heavy atom. The lowest BCUT2D eigenvalue weighted by atomic mass is 10.1. The first-order chi connectivity index (χ1) is 13.0. The number of benzene rings is 2. The average molecular weight is 375 g/mol. The molecule has 0 fully saturated rings. The number of hydrogen-bond acceptors (Lipinski definition) is 4. The molecule has 1 N–H and O–H groups in total. The molecule has 0 atom stereocenters. The summed E-state index contributed by atoms with van der Waals surface area (Å²) in [6, 6.07) is 14.6. The van der Waals surface area contributed by atoms with E-state index >= 15 is 0 Å². The Hall–Kier alpha value is -2.92. The Kier molecular flexibility index (Phi) is 4.54. The third-order valence-corrected chi connectivity index (χ3v) is 5.63. The molecule has 0 saturated carbocycles. The van der Waals surface area contributed by atoms with E-state index in [4.69, 9.17) is 4.98 Å². The van der Waals surface area contributed by atoms with Gasteiger partial charge in [-0.05, 0) is 62.6 Å². The standard InChI is InChI=1S/C22H22N4S/c1-14-10-16(3)20(11-15(14)2)24-22-25-21(13-27-22)19-12-23-26(17(19)4)18-8-6-5-7-9-18/h5-13H,1-4H3,(H,24,25). The summed E-state index contributed by atoms with van der Waals surface area (Å²) in [4.78, 5) is 4.79. The van der Waals surface area contributed by atoms with E-state index in [2.05, 4.69) is 67.8 Å². The van der Waals surface area contributed by atoms with E-state index in [1.807, 2.05) is 29.1 Å². The Morgan fingerprint density at radius 3 is 2.44 bits per heavy atom. The van der Waals surface area contributed by atoms with E-state index in [0.717, 1.165) is 33.5 Å². The molecule has 0 bridgehead atoms. The van der Waals surface area contributed by atoms with E-state index in [1.54, 1.807) is 11.3 Å². The topological polar surface area (TPSA) is 42.7 Å². The lowest BCUT2D eigenvalue weighted by Crippen LogP contribution is -1.98. The third-order valence-electron chi connectivity index (χ3n) is 4.87. The third kappa shape index (κ3) is 3.38. The van der Waals surface area contributed by atoms with E-state index in [0.29, 0.717) is 0 Å². The van der Waals surface area contributed by atoms with Crippen LogP contribution in [0.2, 0.25) is 0 Å². The fraction of sp³-hybridized carbons (Fsp3) is 0.182. The molecule has 0 saturated heterocycles. The number of aromatic nitrogens is 3. The smallest absolute Gasteiger partial charge is 0.187 e. The molecule has 0 amide bonds. The summed E-state index contributed by atoms with van der Waals surface area (Å²) < 4.78 is 1.95. The summed E-state index contributed by atoms with van der Waals surface area (Å²) in [6.07, 6.45) is 1.89. The first-order valence-electron chi connectivity index (χ1n) is 8.94. The van der Waals surface area contributed by atoms with Gasteiger partial charge in [-0.2, -0.15) is 5.10 Å². The molecule has 0 aliphatic carbocycles. The van der Waals surface area contributed by atoms with Gasteiger partial charge in [0.15, 0.2) is 5.13 Å². The Bertz CT molecular complexity index is 1090. The number of rotatable bonds is 4. The van der Waals surface area contributed by atoms with Crippen LogP contribution in [-0.2, 0) is 0 Å². The maximum atomic E-state index is 4.79. The van der Waals surface area contributed by atoms with E-state index in [-0.39, 0.29) is 0 Å². The monoisotopic (exact) mass is 374 g/mol. The largest absolute Gasteiger partial charge is 0.331 e. The highest BCUT2D eigenvalue weighted by atomic mass is 32.1. The Labute approximate surface area is 163 Å². The first-order valence-corrected chi connectivity index (χ1v) is 9.81. The van der Waals surface area contributed by atoms with Gasteiger partial charge in [0.2, 0.25) is 0 Å². The van der Waals surface area contributed by atoms with Crippen molar-refractivity contribution in [3.63, 3.8) is 0 Å². The summed E-state index contributed by atoms with van der Waals surface area (Å²) in [5, 5.41) is 11.0. The zero-order valence-corrected chi connectivity index (χ0v) is 16.8. The van der Waals surface area contributed by atoms with Crippen LogP contribution in [0, 0.1) is 27.7 Å². The van der Waals surface area contributed by atoms with Crippen molar-refractivity contribution >= 4 is 22.2 Å². The van der Waals surface area contributed by atoms with Crippen molar-refractivity contribution < 1.29 is 0 Å². The van der Waals surface area contributed by atoms with E-state index in [9.17, 15) is 0 Å². The van der Waals surface area contributed by atoms with Gasteiger partial charge in [-0.15, -0.1) is 11.3 Å². The maximum absolute atomic E-state index is 4.79. The minimum Gasteiger partial charge on any atom is -0.331 e. The van der Waals surface area contributed by atoms with Gasteiger partial charge in [0.05, 0.1) is 23.3 Å². The van der Waals surface area contributed by atoms with Crippen molar-refractivity contribution in [3.8, 4) is 16.9 Å². The van der Waals surface area contributed by atoms with Crippen LogP contribution < -0.4 is 5.32 Å². The molecule has 4 rings (SSSR count). The SMILES string of the molecule is Cc1cc(C)c(Nc2nc(-c3cnn(-c4ccccc4)c3C)cs2)cc1C. The molecule has 4 aromatic rings. The van der Waals surface area contributed by atoms with Gasteiger partial charge in [0, 0.05) is 16.6 Å². The van der Waals surface area contributed by atoms with Crippen molar-refractivity contribution in [3.05, 3.63) is 76.4 Å². The fourth-order valence-electron chi connectivity index (χ4n) is 3.16. The summed E-state index contributed by atoms with van der Waals surface area (Å²) >= 11 is 1.61. The van der Waals surface area contributed by atoms with Crippen LogP contribution in [-0.4, -0.2) is 14.8 Å². The van der Waals surface area contributed by atoms with Gasteiger partial charge in [0.25, 0.3) is 0 Å². The minimum atomic E-state index is 0.892. The van der Waals surface area contributed by atoms with Crippen LogP contribution in [0.3, 0.4) is 0 Å². The van der Waals surface area contributed by atoms with Gasteiger partial charge >= 0.3 is 0 Å². The maximum Gasteiger partial charge on any atom is 0.187 e. The molecule has 2 aromatic heterocycles. The van der Waals surface area contributed by atoms with Crippen molar-refractivity contribution in [1.82, 2.24) is 14.8 Å². The zero-order chi connectivity index (χ0) is 19.0. The molecule has 5 heteroatoms. The molecule has 0 aliphatic rings. The lowest BCUT2D eigenvalue weighted by molar-refractivity contribution is 0.847. The quantitative estimate of drug-likeness (QED) is 0.478. The van der Waals surface area contributed by atoms with Crippen molar-refractivity contribution in [1.29, 1.82) is 0 Å². The Balaban J connectivity index is 1.62. The molecule has 0 spiro atoms. The second-order valence-electron chi connectivity index (χ2n) is 6.81. The number of nitrogens with one attached hydrogen (secondary N) is 1. The van der Waals surface area contributed by atoms with Crippen LogP contribution in [0.5, 0.6) is 0 Å². The van der Waals surface area contributed by atoms with Gasteiger partial charge in [-0.1, -0.05) is 24.3 Å². The summed E-state index contributed by atoms with van der Waals surface area (Å²) in [5.74, 6) is 0. The molecular formula is C22H22N4S. The number of nitrogens with zero attached hydrogens (tertiary/aromatic N) is 3. The molecule has 0 unspecified atom stereocenters. The van der Waals surface area contributed by atoms with Crippen molar-refractivity contribution in [2.75, 3.05) is 5.32 Å². The Morgan fingerprint density at radius 1 is 0.926 bits per heavy atom. The highest BCUT2D eigenvalue weighted by Crippen LogP contribution is 2.31. The molecular weight excluding hydrogens is 352 g/mol. The molecule has 0 aliphatic heterocycles. The summed E-state index contributed by atoms with van der Waals surface area (Å²) in [7, 11) is 0. The summed E-state index contributed by atoms with van der Waals surface area (Å²) in [6.45, 7) is 8.47.